The molecule has 9 nitrogen and oxygen atoms in total. The summed E-state index contributed by atoms with van der Waals surface area (Å²) in [4.78, 5) is 23.6. The predicted molar refractivity (Wildman–Crippen MR) is 243 cm³/mol. The normalized spacial score (nSPS) is 16.0. The van der Waals surface area contributed by atoms with E-state index in [1.807, 2.05) is 43.3 Å². The minimum absolute atomic E-state index is 0.0979. The zero-order chi connectivity index (χ0) is 41.8. The van der Waals surface area contributed by atoms with Crippen LogP contribution in [0.4, 0.5) is 0 Å². The first-order chi connectivity index (χ1) is 29.6. The maximum Gasteiger partial charge on any atom is 0.195 e. The van der Waals surface area contributed by atoms with Gasteiger partial charge in [-0.2, -0.15) is 0 Å². The summed E-state index contributed by atoms with van der Waals surface area (Å²) in [5.74, 6) is 10.2. The van der Waals surface area contributed by atoms with E-state index in [9.17, 15) is 15.0 Å². The third-order valence-electron chi connectivity index (χ3n) is 12.8. The quantitative estimate of drug-likeness (QED) is 0.116. The number of benzene rings is 4. The fourth-order valence-corrected chi connectivity index (χ4v) is 11.7. The molecule has 0 unspecified atom stereocenters. The third-order valence-corrected chi connectivity index (χ3v) is 15.1. The first kappa shape index (κ1) is 39.1. The predicted octanol–water partition coefficient (Wildman–Crippen LogP) is 10.1. The van der Waals surface area contributed by atoms with Gasteiger partial charge in [0.2, 0.25) is 0 Å². The summed E-state index contributed by atoms with van der Waals surface area (Å²) in [6, 6.07) is 27.9. The van der Waals surface area contributed by atoms with E-state index in [2.05, 4.69) is 69.6 Å². The number of piperidine rings is 1. The number of phenolic OH excluding ortho intramolecular Hbond substituents is 2. The number of ketones is 1. The van der Waals surface area contributed by atoms with Crippen LogP contribution in [0.3, 0.4) is 0 Å². The summed E-state index contributed by atoms with van der Waals surface area (Å²) >= 11 is 3.23. The molecule has 2 fully saturated rings. The van der Waals surface area contributed by atoms with Gasteiger partial charge in [-0.05, 0) is 155 Å². The topological polar surface area (TPSA) is 113 Å². The summed E-state index contributed by atoms with van der Waals surface area (Å²) in [5, 5.41) is 30.6. The Morgan fingerprint density at radius 2 is 1.59 bits per heavy atom. The van der Waals surface area contributed by atoms with Gasteiger partial charge in [-0.3, -0.25) is 19.3 Å². The number of aliphatic imine (C=N–C) groups is 1. The summed E-state index contributed by atoms with van der Waals surface area (Å²) in [7, 11) is 0. The van der Waals surface area contributed by atoms with E-state index in [0.717, 1.165) is 79.4 Å². The molecule has 1 spiro atoms. The van der Waals surface area contributed by atoms with Crippen molar-refractivity contribution in [2.75, 3.05) is 26.2 Å². The number of rotatable bonds is 8. The minimum atomic E-state index is -0.0979. The molecule has 3 aromatic heterocycles. The summed E-state index contributed by atoms with van der Waals surface area (Å²) in [6.07, 6.45) is 4.74. The molecule has 306 valence electrons. The van der Waals surface area contributed by atoms with E-state index >= 15 is 0 Å². The molecule has 10 rings (SSSR count). The van der Waals surface area contributed by atoms with Crippen molar-refractivity contribution in [1.82, 2.24) is 19.7 Å². The average molecular weight is 844 g/mol. The van der Waals surface area contributed by atoms with Crippen LogP contribution in [-0.2, 0) is 6.54 Å². The molecule has 1 saturated heterocycles. The monoisotopic (exact) mass is 843 g/mol. The van der Waals surface area contributed by atoms with Crippen LogP contribution in [0.25, 0.3) is 25.5 Å². The van der Waals surface area contributed by atoms with Crippen molar-refractivity contribution < 1.29 is 19.7 Å². The second kappa shape index (κ2) is 15.8. The number of nitrogens with zero attached hydrogens (tertiary/aromatic N) is 5. The number of carbonyl (C=O) groups excluding carboxylic acids is 1. The van der Waals surface area contributed by atoms with E-state index in [4.69, 9.17) is 9.73 Å². The lowest BCUT2D eigenvalue weighted by atomic mass is 9.58. The van der Waals surface area contributed by atoms with Crippen molar-refractivity contribution in [3.63, 3.8) is 0 Å². The number of aromatic nitrogens is 3. The van der Waals surface area contributed by atoms with Crippen LogP contribution in [-0.4, -0.2) is 67.6 Å². The Morgan fingerprint density at radius 3 is 2.34 bits per heavy atom. The molecule has 2 aliphatic heterocycles. The molecule has 0 amide bonds. The van der Waals surface area contributed by atoms with E-state index in [1.54, 1.807) is 41.7 Å². The van der Waals surface area contributed by atoms with E-state index in [-0.39, 0.29) is 17.3 Å². The van der Waals surface area contributed by atoms with Crippen LogP contribution in [0, 0.1) is 43.9 Å². The van der Waals surface area contributed by atoms with E-state index in [0.29, 0.717) is 35.6 Å². The fraction of sp³-hybridized carbons (Fsp3) is 0.280. The lowest BCUT2D eigenvalue weighted by molar-refractivity contribution is 0.00471. The number of thiophene rings is 2. The first-order valence-electron chi connectivity index (χ1n) is 20.8. The molecule has 1 saturated carbocycles. The van der Waals surface area contributed by atoms with E-state index < -0.39 is 0 Å². The zero-order valence-corrected chi connectivity index (χ0v) is 36.0. The molecule has 7 aromatic rings. The van der Waals surface area contributed by atoms with Gasteiger partial charge in [0.15, 0.2) is 11.6 Å². The van der Waals surface area contributed by atoms with Crippen LogP contribution in [0.2, 0.25) is 0 Å². The highest BCUT2D eigenvalue weighted by Gasteiger charge is 2.45. The number of aryl methyl sites for hydroxylation is 2. The maximum absolute atomic E-state index is 14.0. The smallest absolute Gasteiger partial charge is 0.195 e. The Balaban J connectivity index is 0.708. The van der Waals surface area contributed by atoms with Crippen LogP contribution in [0.1, 0.15) is 80.4 Å². The molecule has 3 aliphatic rings. The molecule has 0 atom stereocenters. The Kier molecular flexibility index (Phi) is 10.1. The van der Waals surface area contributed by atoms with Crippen LogP contribution in [0.5, 0.6) is 17.2 Å². The van der Waals surface area contributed by atoms with Crippen molar-refractivity contribution in [2.45, 2.75) is 53.0 Å². The highest BCUT2D eigenvalue weighted by molar-refractivity contribution is 7.22. The van der Waals surface area contributed by atoms with Crippen LogP contribution >= 0.6 is 22.7 Å². The summed E-state index contributed by atoms with van der Waals surface area (Å²) in [6.45, 7) is 10.4. The van der Waals surface area contributed by atoms with Gasteiger partial charge >= 0.3 is 0 Å². The van der Waals surface area contributed by atoms with Gasteiger partial charge in [0.1, 0.15) is 41.2 Å². The molecular formula is C50H45N5O4S2. The molecule has 0 bridgehead atoms. The number of hydrogen-bond donors (Lipinski definition) is 2. The molecule has 11 heteroatoms. The first-order valence-corrected chi connectivity index (χ1v) is 22.5. The van der Waals surface area contributed by atoms with Gasteiger partial charge in [-0.1, -0.05) is 24.0 Å². The Bertz CT molecular complexity index is 2900. The maximum atomic E-state index is 14.0. The SMILES string of the molecule is Cc1sc2c(c1C)C(c1ccc(C#CC3CC4(CCN(CCOc5ccc(C(=O)c6c(-c7ccc(O)cc7)sc7cc(O)ccc67)cc5)CC4)C3)cc1)=NCc1nnc(C)n1-2. The summed E-state index contributed by atoms with van der Waals surface area (Å²) in [5.41, 5.74) is 7.99. The molecule has 1 aliphatic carbocycles. The number of carbonyl (C=O) groups is 1. The van der Waals surface area contributed by atoms with E-state index in [1.165, 1.54) is 53.0 Å². The minimum Gasteiger partial charge on any atom is -0.508 e. The Labute approximate surface area is 363 Å². The largest absolute Gasteiger partial charge is 0.508 e. The average Bonchev–Trinajstić information content (AvgIpc) is 3.87. The van der Waals surface area contributed by atoms with Crippen molar-refractivity contribution >= 4 is 44.3 Å². The Morgan fingerprint density at radius 1 is 0.869 bits per heavy atom. The molecule has 0 radical (unpaired) electrons. The van der Waals surface area contributed by atoms with Crippen LogP contribution < -0.4 is 4.74 Å². The number of aromatic hydroxyl groups is 2. The van der Waals surface area contributed by atoms with Gasteiger partial charge in [-0.15, -0.1) is 32.9 Å². The van der Waals surface area contributed by atoms with Crippen molar-refractivity contribution in [3.05, 3.63) is 141 Å². The number of hydrogen-bond acceptors (Lipinski definition) is 10. The third kappa shape index (κ3) is 7.43. The lowest BCUT2D eigenvalue weighted by Crippen LogP contribution is -2.47. The highest BCUT2D eigenvalue weighted by atomic mass is 32.1. The second-order valence-electron chi connectivity index (χ2n) is 16.7. The molecule has 5 heterocycles. The van der Waals surface area contributed by atoms with Gasteiger partial charge < -0.3 is 14.9 Å². The molecular weight excluding hydrogens is 799 g/mol. The van der Waals surface area contributed by atoms with Gasteiger partial charge in [-0.25, -0.2) is 0 Å². The highest BCUT2D eigenvalue weighted by Crippen LogP contribution is 2.52. The number of fused-ring (bicyclic) bond motifs is 4. The van der Waals surface area contributed by atoms with Crippen molar-refractivity contribution in [2.24, 2.45) is 16.3 Å². The second-order valence-corrected chi connectivity index (χ2v) is 18.9. The standard InChI is InChI=1S/C50H45N5O4S2/c1-30-31(2)60-49-44(30)46(51-29-43-53-52-32(3)55(43)49)35-8-6-33(7-9-35)4-5-34-27-50(28-34)20-22-54(23-21-50)24-25-59-40-17-12-36(13-18-40)47(58)45-41-19-16-39(57)26-42(41)61-48(45)37-10-14-38(56)15-11-37/h6-19,26,34,56-57H,20-25,27-29H2,1-3H3. The van der Waals surface area contributed by atoms with Crippen LogP contribution in [0.15, 0.2) is 96.0 Å². The number of phenols is 2. The van der Waals surface area contributed by atoms with Gasteiger partial charge in [0.25, 0.3) is 0 Å². The summed E-state index contributed by atoms with van der Waals surface area (Å²) < 4.78 is 9.14. The Hall–Kier alpha value is -6.06. The van der Waals surface area contributed by atoms with Crippen molar-refractivity contribution in [1.29, 1.82) is 0 Å². The van der Waals surface area contributed by atoms with Gasteiger partial charge in [0, 0.05) is 60.1 Å². The molecule has 4 aromatic carbocycles. The van der Waals surface area contributed by atoms with Gasteiger partial charge in [0.05, 0.1) is 5.71 Å². The lowest BCUT2D eigenvalue weighted by Gasteiger charge is -2.51. The zero-order valence-electron chi connectivity index (χ0n) is 34.4. The molecule has 61 heavy (non-hydrogen) atoms. The fourth-order valence-electron chi connectivity index (χ4n) is 9.19. The number of likely N-dealkylation sites (tertiary alicyclic amines) is 1. The number of ether oxygens (including phenoxy) is 1. The van der Waals surface area contributed by atoms with Crippen molar-refractivity contribution in [3.8, 4) is 44.5 Å². The molecule has 2 N–H and O–H groups in total.